The van der Waals surface area contributed by atoms with E-state index in [2.05, 4.69) is 49.9 Å². The van der Waals surface area contributed by atoms with Crippen LogP contribution in [0.3, 0.4) is 0 Å². The van der Waals surface area contributed by atoms with Crippen molar-refractivity contribution in [1.82, 2.24) is 4.90 Å². The molecule has 1 fully saturated rings. The highest BCUT2D eigenvalue weighted by molar-refractivity contribution is 5.70. The Morgan fingerprint density at radius 1 is 1.19 bits per heavy atom. The van der Waals surface area contributed by atoms with E-state index in [9.17, 15) is 4.79 Å². The molecule has 0 radical (unpaired) electrons. The van der Waals surface area contributed by atoms with Crippen LogP contribution < -0.4 is 0 Å². The Hall–Kier alpha value is -1.35. The molecule has 21 heavy (non-hydrogen) atoms. The van der Waals surface area contributed by atoms with Gasteiger partial charge in [-0.3, -0.25) is 9.69 Å². The lowest BCUT2D eigenvalue weighted by atomic mass is 9.94. The van der Waals surface area contributed by atoms with Gasteiger partial charge in [0.2, 0.25) is 0 Å². The average Bonchev–Trinajstić information content (AvgIpc) is 2.47. The lowest BCUT2D eigenvalue weighted by Crippen LogP contribution is -2.37. The average molecular weight is 289 g/mol. The van der Waals surface area contributed by atoms with E-state index in [0.29, 0.717) is 12.0 Å². The van der Waals surface area contributed by atoms with Crippen molar-refractivity contribution >= 4 is 5.97 Å². The van der Waals surface area contributed by atoms with Gasteiger partial charge in [0.15, 0.2) is 0 Å². The first-order valence-electron chi connectivity index (χ1n) is 8.03. The number of nitrogens with zero attached hydrogens (tertiary/aromatic N) is 1. The Kier molecular flexibility index (Phi) is 5.40. The molecule has 2 rings (SSSR count). The smallest absolute Gasteiger partial charge is 0.306 e. The summed E-state index contributed by atoms with van der Waals surface area (Å²) in [5, 5.41) is 9.06. The van der Waals surface area contributed by atoms with Gasteiger partial charge in [-0.05, 0) is 56.3 Å². The predicted octanol–water partition coefficient (Wildman–Crippen LogP) is 3.74. The third kappa shape index (κ3) is 4.31. The topological polar surface area (TPSA) is 40.5 Å². The van der Waals surface area contributed by atoms with Crippen LogP contribution in [0.5, 0.6) is 0 Å². The molecule has 0 saturated carbocycles. The Labute approximate surface area is 128 Å². The van der Waals surface area contributed by atoms with Crippen LogP contribution in [0.4, 0.5) is 0 Å². The summed E-state index contributed by atoms with van der Waals surface area (Å²) >= 11 is 0. The zero-order valence-electron chi connectivity index (χ0n) is 13.4. The van der Waals surface area contributed by atoms with Gasteiger partial charge < -0.3 is 5.11 Å². The number of likely N-dealkylation sites (tertiary alicyclic amines) is 1. The number of benzene rings is 1. The van der Waals surface area contributed by atoms with E-state index >= 15 is 0 Å². The molecule has 0 bridgehead atoms. The minimum absolute atomic E-state index is 0.151. The van der Waals surface area contributed by atoms with Gasteiger partial charge in [-0.15, -0.1) is 0 Å². The van der Waals surface area contributed by atoms with E-state index in [1.54, 1.807) is 0 Å². The summed E-state index contributed by atoms with van der Waals surface area (Å²) in [6, 6.07) is 9.29. The van der Waals surface area contributed by atoms with E-state index in [1.807, 2.05) is 0 Å². The highest BCUT2D eigenvalue weighted by Gasteiger charge is 2.27. The van der Waals surface area contributed by atoms with Crippen LogP contribution in [-0.2, 0) is 11.2 Å². The Balaban J connectivity index is 1.94. The molecular formula is C18H27NO2. The van der Waals surface area contributed by atoms with E-state index in [4.69, 9.17) is 5.11 Å². The quantitative estimate of drug-likeness (QED) is 0.897. The molecule has 1 heterocycles. The predicted molar refractivity (Wildman–Crippen MR) is 85.3 cm³/mol. The molecule has 1 saturated heterocycles. The first-order valence-corrected chi connectivity index (χ1v) is 8.03. The molecule has 1 atom stereocenters. The molecule has 1 aliphatic heterocycles. The summed E-state index contributed by atoms with van der Waals surface area (Å²) < 4.78 is 0. The van der Waals surface area contributed by atoms with Crippen LogP contribution >= 0.6 is 0 Å². The van der Waals surface area contributed by atoms with Crippen LogP contribution in [0.15, 0.2) is 24.3 Å². The van der Waals surface area contributed by atoms with Gasteiger partial charge in [0.1, 0.15) is 0 Å². The first-order chi connectivity index (χ1) is 9.97. The highest BCUT2D eigenvalue weighted by Crippen LogP contribution is 2.27. The maximum Gasteiger partial charge on any atom is 0.306 e. The first kappa shape index (κ1) is 16.0. The van der Waals surface area contributed by atoms with E-state index in [0.717, 1.165) is 32.4 Å². The third-order valence-electron chi connectivity index (χ3n) is 4.53. The van der Waals surface area contributed by atoms with E-state index in [-0.39, 0.29) is 5.92 Å². The minimum atomic E-state index is -0.639. The molecule has 0 aromatic heterocycles. The zero-order valence-corrected chi connectivity index (χ0v) is 13.4. The fourth-order valence-corrected chi connectivity index (χ4v) is 3.15. The highest BCUT2D eigenvalue weighted by atomic mass is 16.4. The normalized spacial score (nSPS) is 18.9. The van der Waals surface area contributed by atoms with Gasteiger partial charge in [0, 0.05) is 6.04 Å². The summed E-state index contributed by atoms with van der Waals surface area (Å²) in [6.45, 7) is 8.46. The Morgan fingerprint density at radius 3 is 2.24 bits per heavy atom. The fourth-order valence-electron chi connectivity index (χ4n) is 3.15. The molecule has 3 heteroatoms. The van der Waals surface area contributed by atoms with Crippen LogP contribution in [0.2, 0.25) is 0 Å². The third-order valence-corrected chi connectivity index (χ3v) is 4.53. The van der Waals surface area contributed by atoms with Crippen molar-refractivity contribution in [3.63, 3.8) is 0 Å². The summed E-state index contributed by atoms with van der Waals surface area (Å²) in [5.41, 5.74) is 2.72. The zero-order chi connectivity index (χ0) is 15.4. The number of carboxylic acids is 1. The number of rotatable bonds is 5. The van der Waals surface area contributed by atoms with Gasteiger partial charge in [-0.2, -0.15) is 0 Å². The molecule has 0 aliphatic carbocycles. The van der Waals surface area contributed by atoms with E-state index < -0.39 is 5.97 Å². The maximum atomic E-state index is 11.0. The van der Waals surface area contributed by atoms with E-state index in [1.165, 1.54) is 11.1 Å². The van der Waals surface area contributed by atoms with Crippen molar-refractivity contribution in [2.24, 2.45) is 11.8 Å². The number of hydrogen-bond acceptors (Lipinski definition) is 2. The Bertz CT molecular complexity index is 459. The SMILES string of the molecule is CC(C)Cc1ccc(C(C)N2CCC(C(=O)O)CC2)cc1. The molecule has 0 amide bonds. The second-order valence-corrected chi connectivity index (χ2v) is 6.66. The van der Waals surface area contributed by atoms with Crippen LogP contribution in [0.1, 0.15) is 50.8 Å². The molecule has 1 N–H and O–H groups in total. The lowest BCUT2D eigenvalue weighted by Gasteiger charge is -2.35. The molecular weight excluding hydrogens is 262 g/mol. The van der Waals surface area contributed by atoms with Gasteiger partial charge in [0.05, 0.1) is 5.92 Å². The van der Waals surface area contributed by atoms with Crippen LogP contribution in [0, 0.1) is 11.8 Å². The van der Waals surface area contributed by atoms with Crippen molar-refractivity contribution in [3.8, 4) is 0 Å². The van der Waals surface area contributed by atoms with Crippen molar-refractivity contribution in [2.45, 2.75) is 46.1 Å². The van der Waals surface area contributed by atoms with Crippen LogP contribution in [0.25, 0.3) is 0 Å². The Morgan fingerprint density at radius 2 is 1.76 bits per heavy atom. The molecule has 3 nitrogen and oxygen atoms in total. The lowest BCUT2D eigenvalue weighted by molar-refractivity contribution is -0.143. The molecule has 1 aliphatic rings. The minimum Gasteiger partial charge on any atom is -0.481 e. The van der Waals surface area contributed by atoms with Gasteiger partial charge in [-0.1, -0.05) is 38.1 Å². The van der Waals surface area contributed by atoms with Gasteiger partial charge in [0.25, 0.3) is 0 Å². The molecule has 1 unspecified atom stereocenters. The number of hydrogen-bond donors (Lipinski definition) is 1. The summed E-state index contributed by atoms with van der Waals surface area (Å²) in [4.78, 5) is 13.4. The number of piperidine rings is 1. The molecule has 116 valence electrons. The summed E-state index contributed by atoms with van der Waals surface area (Å²) in [6.07, 6.45) is 2.66. The largest absolute Gasteiger partial charge is 0.481 e. The molecule has 1 aromatic carbocycles. The molecule has 1 aromatic rings. The fraction of sp³-hybridized carbons (Fsp3) is 0.611. The number of carboxylic acid groups (broad SMARTS) is 1. The monoisotopic (exact) mass is 289 g/mol. The maximum absolute atomic E-state index is 11.0. The van der Waals surface area contributed by atoms with Crippen LogP contribution in [-0.4, -0.2) is 29.1 Å². The summed E-state index contributed by atoms with van der Waals surface area (Å²) in [7, 11) is 0. The molecule has 0 spiro atoms. The van der Waals surface area contributed by atoms with Crippen molar-refractivity contribution in [2.75, 3.05) is 13.1 Å². The van der Waals surface area contributed by atoms with Gasteiger partial charge >= 0.3 is 5.97 Å². The van der Waals surface area contributed by atoms with Crippen molar-refractivity contribution in [1.29, 1.82) is 0 Å². The number of carbonyl (C=O) groups is 1. The second-order valence-electron chi connectivity index (χ2n) is 6.66. The second kappa shape index (κ2) is 7.08. The van der Waals surface area contributed by atoms with Gasteiger partial charge in [-0.25, -0.2) is 0 Å². The van der Waals surface area contributed by atoms with Crippen molar-refractivity contribution in [3.05, 3.63) is 35.4 Å². The number of aliphatic carboxylic acids is 1. The summed E-state index contributed by atoms with van der Waals surface area (Å²) in [5.74, 6) is -0.106. The standard InChI is InChI=1S/C18H27NO2/c1-13(2)12-15-4-6-16(7-5-15)14(3)19-10-8-17(9-11-19)18(20)21/h4-7,13-14,17H,8-12H2,1-3H3,(H,20,21). The van der Waals surface area contributed by atoms with Crippen molar-refractivity contribution < 1.29 is 9.90 Å².